The van der Waals surface area contributed by atoms with Crippen molar-refractivity contribution < 1.29 is 0 Å². The molecule has 2 N–H and O–H groups in total. The molecule has 0 spiro atoms. The van der Waals surface area contributed by atoms with Crippen LogP contribution in [0.1, 0.15) is 25.8 Å². The highest BCUT2D eigenvalue weighted by molar-refractivity contribution is 7.99. The van der Waals surface area contributed by atoms with Gasteiger partial charge in [0.1, 0.15) is 0 Å². The van der Waals surface area contributed by atoms with Gasteiger partial charge in [-0.15, -0.1) is 0 Å². The Bertz CT molecular complexity index is 452. The molecule has 1 heterocycles. The van der Waals surface area contributed by atoms with Crippen molar-refractivity contribution in [3.8, 4) is 0 Å². The van der Waals surface area contributed by atoms with Crippen molar-refractivity contribution in [1.29, 1.82) is 0 Å². The zero-order chi connectivity index (χ0) is 15.6. The molecule has 0 atom stereocenters. The minimum atomic E-state index is 0.717. The molecule has 1 aliphatic heterocycles. The monoisotopic (exact) mass is 320 g/mol. The minimum absolute atomic E-state index is 0.717. The Kier molecular flexibility index (Phi) is 7.43. The van der Waals surface area contributed by atoms with Gasteiger partial charge >= 0.3 is 0 Å². The van der Waals surface area contributed by atoms with Crippen LogP contribution in [0.5, 0.6) is 0 Å². The maximum Gasteiger partial charge on any atom is 0.191 e. The van der Waals surface area contributed by atoms with Crippen LogP contribution < -0.4 is 15.5 Å². The molecule has 0 unspecified atom stereocenters. The summed E-state index contributed by atoms with van der Waals surface area (Å²) in [5.74, 6) is 3.38. The van der Waals surface area contributed by atoms with Gasteiger partial charge in [-0.1, -0.05) is 19.1 Å². The van der Waals surface area contributed by atoms with Crippen LogP contribution in [0.15, 0.2) is 29.3 Å². The summed E-state index contributed by atoms with van der Waals surface area (Å²) in [5.41, 5.74) is 2.59. The second kappa shape index (κ2) is 9.62. The van der Waals surface area contributed by atoms with Gasteiger partial charge in [0.05, 0.1) is 6.54 Å². The third kappa shape index (κ3) is 5.44. The lowest BCUT2D eigenvalue weighted by Gasteiger charge is -2.28. The Morgan fingerprint density at radius 1 is 1.14 bits per heavy atom. The van der Waals surface area contributed by atoms with E-state index in [1.165, 1.54) is 22.8 Å². The molecule has 0 bridgehead atoms. The maximum absolute atomic E-state index is 4.64. The van der Waals surface area contributed by atoms with Crippen molar-refractivity contribution in [3.63, 3.8) is 0 Å². The van der Waals surface area contributed by atoms with E-state index in [0.29, 0.717) is 0 Å². The van der Waals surface area contributed by atoms with Gasteiger partial charge in [-0.3, -0.25) is 0 Å². The molecule has 122 valence electrons. The number of thioether (sulfide) groups is 1. The fraction of sp³-hybridized carbons (Fsp3) is 0.588. The first-order valence-electron chi connectivity index (χ1n) is 8.27. The number of nitrogens with zero attached hydrogens (tertiary/aromatic N) is 2. The highest BCUT2D eigenvalue weighted by Crippen LogP contribution is 2.20. The normalized spacial score (nSPS) is 15.7. The average molecular weight is 321 g/mol. The Balaban J connectivity index is 1.91. The standard InChI is InChI=1S/C17H28N4S/c1-3-9-19-17(18-4-2)20-14-15-5-7-16(8-6-15)21-10-12-22-13-11-21/h5-8H,3-4,9-14H2,1-2H3,(H2,18,19,20). The molecule has 5 heteroatoms. The highest BCUT2D eigenvalue weighted by atomic mass is 32.2. The second-order valence-corrected chi connectivity index (χ2v) is 6.61. The van der Waals surface area contributed by atoms with Crippen molar-refractivity contribution in [3.05, 3.63) is 29.8 Å². The van der Waals surface area contributed by atoms with Crippen LogP contribution in [0.4, 0.5) is 5.69 Å². The zero-order valence-corrected chi connectivity index (χ0v) is 14.6. The van der Waals surface area contributed by atoms with Crippen LogP contribution in [0.3, 0.4) is 0 Å². The van der Waals surface area contributed by atoms with E-state index in [1.54, 1.807) is 0 Å². The van der Waals surface area contributed by atoms with E-state index >= 15 is 0 Å². The van der Waals surface area contributed by atoms with E-state index in [2.05, 4.69) is 58.6 Å². The fourth-order valence-electron chi connectivity index (χ4n) is 2.39. The van der Waals surface area contributed by atoms with Crippen molar-refractivity contribution >= 4 is 23.4 Å². The number of anilines is 1. The summed E-state index contributed by atoms with van der Waals surface area (Å²) in [6.07, 6.45) is 1.10. The van der Waals surface area contributed by atoms with E-state index < -0.39 is 0 Å². The van der Waals surface area contributed by atoms with Crippen LogP contribution in [0, 0.1) is 0 Å². The molecule has 0 radical (unpaired) electrons. The molecular formula is C17H28N4S. The Morgan fingerprint density at radius 3 is 2.50 bits per heavy atom. The van der Waals surface area contributed by atoms with Gasteiger partial charge < -0.3 is 15.5 Å². The summed E-state index contributed by atoms with van der Waals surface area (Å²) in [5, 5.41) is 6.61. The van der Waals surface area contributed by atoms with Gasteiger partial charge in [-0.25, -0.2) is 4.99 Å². The number of hydrogen-bond acceptors (Lipinski definition) is 3. The van der Waals surface area contributed by atoms with Crippen LogP contribution >= 0.6 is 11.8 Å². The molecule has 22 heavy (non-hydrogen) atoms. The third-order valence-electron chi connectivity index (χ3n) is 3.62. The van der Waals surface area contributed by atoms with Gasteiger partial charge in [-0.2, -0.15) is 11.8 Å². The predicted octanol–water partition coefficient (Wildman–Crippen LogP) is 2.70. The molecule has 1 aliphatic rings. The van der Waals surface area contributed by atoms with Crippen LogP contribution in [-0.2, 0) is 6.54 Å². The minimum Gasteiger partial charge on any atom is -0.370 e. The number of nitrogens with one attached hydrogen (secondary N) is 2. The number of guanidine groups is 1. The van der Waals surface area contributed by atoms with Crippen molar-refractivity contribution in [2.75, 3.05) is 42.6 Å². The molecule has 0 aromatic heterocycles. The molecule has 1 fully saturated rings. The van der Waals surface area contributed by atoms with Crippen molar-refractivity contribution in [1.82, 2.24) is 10.6 Å². The van der Waals surface area contributed by atoms with E-state index in [-0.39, 0.29) is 0 Å². The van der Waals surface area contributed by atoms with E-state index in [1.807, 2.05) is 11.8 Å². The van der Waals surface area contributed by atoms with Crippen LogP contribution in [0.2, 0.25) is 0 Å². The first kappa shape index (κ1) is 17.0. The number of hydrogen-bond donors (Lipinski definition) is 2. The molecular weight excluding hydrogens is 292 g/mol. The Labute approximate surface area is 138 Å². The smallest absolute Gasteiger partial charge is 0.191 e. The quantitative estimate of drug-likeness (QED) is 0.624. The van der Waals surface area contributed by atoms with E-state index in [9.17, 15) is 0 Å². The van der Waals surface area contributed by atoms with Gasteiger partial charge in [-0.05, 0) is 31.0 Å². The van der Waals surface area contributed by atoms with Crippen LogP contribution in [-0.4, -0.2) is 43.6 Å². The number of rotatable bonds is 6. The average Bonchev–Trinajstić information content (AvgIpc) is 2.58. The largest absolute Gasteiger partial charge is 0.370 e. The summed E-state index contributed by atoms with van der Waals surface area (Å²) in [7, 11) is 0. The summed E-state index contributed by atoms with van der Waals surface area (Å²) < 4.78 is 0. The molecule has 1 aromatic rings. The van der Waals surface area contributed by atoms with Crippen LogP contribution in [0.25, 0.3) is 0 Å². The molecule has 0 aliphatic carbocycles. The van der Waals surface area contributed by atoms with E-state index in [4.69, 9.17) is 0 Å². The fourth-order valence-corrected chi connectivity index (χ4v) is 3.29. The Hall–Kier alpha value is -1.36. The zero-order valence-electron chi connectivity index (χ0n) is 13.8. The lowest BCUT2D eigenvalue weighted by atomic mass is 10.2. The van der Waals surface area contributed by atoms with Gasteiger partial charge in [0.25, 0.3) is 0 Å². The summed E-state index contributed by atoms with van der Waals surface area (Å²) in [6.45, 7) is 9.14. The summed E-state index contributed by atoms with van der Waals surface area (Å²) in [4.78, 5) is 7.11. The summed E-state index contributed by atoms with van der Waals surface area (Å²) >= 11 is 2.05. The molecule has 0 saturated carbocycles. The molecule has 1 saturated heterocycles. The predicted molar refractivity (Wildman–Crippen MR) is 99.1 cm³/mol. The Morgan fingerprint density at radius 2 is 1.86 bits per heavy atom. The van der Waals surface area contributed by atoms with Gasteiger partial charge in [0.2, 0.25) is 0 Å². The number of aliphatic imine (C=N–C) groups is 1. The van der Waals surface area contributed by atoms with Gasteiger partial charge in [0, 0.05) is 43.4 Å². The topological polar surface area (TPSA) is 39.7 Å². The summed E-state index contributed by atoms with van der Waals surface area (Å²) in [6, 6.07) is 8.86. The first-order valence-corrected chi connectivity index (χ1v) is 9.42. The molecule has 1 aromatic carbocycles. The molecule has 2 rings (SSSR count). The number of benzene rings is 1. The first-order chi connectivity index (χ1) is 10.8. The highest BCUT2D eigenvalue weighted by Gasteiger charge is 2.10. The third-order valence-corrected chi connectivity index (χ3v) is 4.56. The van der Waals surface area contributed by atoms with Crippen molar-refractivity contribution in [2.24, 2.45) is 4.99 Å². The molecule has 4 nitrogen and oxygen atoms in total. The van der Waals surface area contributed by atoms with Gasteiger partial charge in [0.15, 0.2) is 5.96 Å². The lowest BCUT2D eigenvalue weighted by molar-refractivity contribution is 0.785. The molecule has 0 amide bonds. The van der Waals surface area contributed by atoms with E-state index in [0.717, 1.165) is 45.1 Å². The maximum atomic E-state index is 4.64. The van der Waals surface area contributed by atoms with Crippen molar-refractivity contribution in [2.45, 2.75) is 26.8 Å². The SMILES string of the molecule is CCCNC(=NCc1ccc(N2CCSCC2)cc1)NCC. The second-order valence-electron chi connectivity index (χ2n) is 5.39. The lowest BCUT2D eigenvalue weighted by Crippen LogP contribution is -2.37.